The van der Waals surface area contributed by atoms with E-state index < -0.39 is 0 Å². The highest BCUT2D eigenvalue weighted by Gasteiger charge is 2.00. The van der Waals surface area contributed by atoms with Crippen molar-refractivity contribution in [1.82, 2.24) is 5.32 Å². The summed E-state index contributed by atoms with van der Waals surface area (Å²) in [5.41, 5.74) is 5.38. The summed E-state index contributed by atoms with van der Waals surface area (Å²) in [4.78, 5) is 0. The van der Waals surface area contributed by atoms with Gasteiger partial charge in [0.05, 0.1) is 0 Å². The Labute approximate surface area is 116 Å². The number of nitrogens with one attached hydrogen (secondary N) is 1. The first-order valence-corrected chi connectivity index (χ1v) is 7.22. The van der Waals surface area contributed by atoms with E-state index in [0.717, 1.165) is 19.5 Å². The molecule has 0 heterocycles. The Balaban J connectivity index is 2.17. The van der Waals surface area contributed by atoms with Crippen LogP contribution in [0.2, 0.25) is 0 Å². The van der Waals surface area contributed by atoms with Gasteiger partial charge < -0.3 is 5.32 Å². The highest BCUT2D eigenvalue weighted by molar-refractivity contribution is 5.64. The molecule has 0 aliphatic heterocycles. The maximum atomic E-state index is 3.45. The van der Waals surface area contributed by atoms with E-state index in [2.05, 4.69) is 67.7 Å². The third-order valence-corrected chi connectivity index (χ3v) is 3.35. The number of benzene rings is 2. The standard InChI is InChI=1S/C18H23N/c1-3-11-19-14-16-8-6-10-18(13-16)17-9-5-7-15(4-2)12-17/h5-10,12-13,19H,3-4,11,14H2,1-2H3. The average molecular weight is 253 g/mol. The largest absolute Gasteiger partial charge is 0.313 e. The third kappa shape index (κ3) is 3.93. The lowest BCUT2D eigenvalue weighted by atomic mass is 10.0. The van der Waals surface area contributed by atoms with Crippen LogP contribution in [0.1, 0.15) is 31.4 Å². The van der Waals surface area contributed by atoms with Gasteiger partial charge in [0.2, 0.25) is 0 Å². The van der Waals surface area contributed by atoms with E-state index in [1.54, 1.807) is 0 Å². The second kappa shape index (κ2) is 7.10. The van der Waals surface area contributed by atoms with Crippen molar-refractivity contribution in [3.05, 3.63) is 59.7 Å². The normalized spacial score (nSPS) is 10.6. The molecule has 1 nitrogen and oxygen atoms in total. The van der Waals surface area contributed by atoms with Gasteiger partial charge in [0.15, 0.2) is 0 Å². The monoisotopic (exact) mass is 253 g/mol. The van der Waals surface area contributed by atoms with Crippen molar-refractivity contribution in [2.45, 2.75) is 33.2 Å². The van der Waals surface area contributed by atoms with Gasteiger partial charge in [0.25, 0.3) is 0 Å². The molecule has 2 rings (SSSR count). The molecule has 1 heteroatoms. The summed E-state index contributed by atoms with van der Waals surface area (Å²) in [7, 11) is 0. The summed E-state index contributed by atoms with van der Waals surface area (Å²) in [5.74, 6) is 0. The molecule has 0 fully saturated rings. The predicted octanol–water partition coefficient (Wildman–Crippen LogP) is 4.42. The highest BCUT2D eigenvalue weighted by Crippen LogP contribution is 2.21. The van der Waals surface area contributed by atoms with Crippen LogP contribution in [0.4, 0.5) is 0 Å². The lowest BCUT2D eigenvalue weighted by molar-refractivity contribution is 0.675. The molecular weight excluding hydrogens is 230 g/mol. The zero-order chi connectivity index (χ0) is 13.5. The zero-order valence-electron chi connectivity index (χ0n) is 11.9. The molecule has 2 aromatic carbocycles. The van der Waals surface area contributed by atoms with Gasteiger partial charge in [-0.3, -0.25) is 0 Å². The van der Waals surface area contributed by atoms with E-state index in [1.165, 1.54) is 28.7 Å². The second-order valence-electron chi connectivity index (χ2n) is 4.93. The molecule has 0 saturated heterocycles. The van der Waals surface area contributed by atoms with Crippen molar-refractivity contribution in [3.8, 4) is 11.1 Å². The summed E-state index contributed by atoms with van der Waals surface area (Å²) in [6.07, 6.45) is 2.27. The van der Waals surface area contributed by atoms with Crippen molar-refractivity contribution < 1.29 is 0 Å². The van der Waals surface area contributed by atoms with Crippen LogP contribution < -0.4 is 5.32 Å². The Morgan fingerprint density at radius 1 is 0.842 bits per heavy atom. The van der Waals surface area contributed by atoms with Crippen LogP contribution in [0.3, 0.4) is 0 Å². The molecule has 100 valence electrons. The molecule has 0 amide bonds. The van der Waals surface area contributed by atoms with Gasteiger partial charge in [-0.05, 0) is 47.7 Å². The maximum absolute atomic E-state index is 3.45. The molecule has 2 aromatic rings. The summed E-state index contributed by atoms with van der Waals surface area (Å²) < 4.78 is 0. The Morgan fingerprint density at radius 3 is 2.11 bits per heavy atom. The first-order chi connectivity index (χ1) is 9.33. The summed E-state index contributed by atoms with van der Waals surface area (Å²) in [5, 5.41) is 3.45. The van der Waals surface area contributed by atoms with E-state index in [0.29, 0.717) is 0 Å². The number of hydrogen-bond donors (Lipinski definition) is 1. The minimum Gasteiger partial charge on any atom is -0.313 e. The van der Waals surface area contributed by atoms with Crippen molar-refractivity contribution in [2.75, 3.05) is 6.54 Å². The van der Waals surface area contributed by atoms with Crippen LogP contribution in [-0.2, 0) is 13.0 Å². The molecule has 0 saturated carbocycles. The van der Waals surface area contributed by atoms with Crippen LogP contribution >= 0.6 is 0 Å². The molecule has 19 heavy (non-hydrogen) atoms. The van der Waals surface area contributed by atoms with E-state index in [1.807, 2.05) is 0 Å². The molecule has 0 radical (unpaired) electrons. The van der Waals surface area contributed by atoms with Crippen molar-refractivity contribution >= 4 is 0 Å². The van der Waals surface area contributed by atoms with Crippen LogP contribution in [0.15, 0.2) is 48.5 Å². The fourth-order valence-electron chi connectivity index (χ4n) is 2.24. The fourth-order valence-corrected chi connectivity index (χ4v) is 2.24. The fraction of sp³-hybridized carbons (Fsp3) is 0.333. The van der Waals surface area contributed by atoms with Crippen molar-refractivity contribution in [3.63, 3.8) is 0 Å². The topological polar surface area (TPSA) is 12.0 Å². The molecule has 0 aromatic heterocycles. The maximum Gasteiger partial charge on any atom is 0.0205 e. The van der Waals surface area contributed by atoms with Gasteiger partial charge in [-0.1, -0.05) is 56.3 Å². The summed E-state index contributed by atoms with van der Waals surface area (Å²) in [6, 6.07) is 17.6. The number of aryl methyl sites for hydroxylation is 1. The Kier molecular flexibility index (Phi) is 5.17. The van der Waals surface area contributed by atoms with E-state index in [9.17, 15) is 0 Å². The van der Waals surface area contributed by atoms with Gasteiger partial charge in [0, 0.05) is 6.54 Å². The summed E-state index contributed by atoms with van der Waals surface area (Å²) in [6.45, 7) is 6.43. The van der Waals surface area contributed by atoms with E-state index >= 15 is 0 Å². The first-order valence-electron chi connectivity index (χ1n) is 7.22. The molecule has 0 bridgehead atoms. The van der Waals surface area contributed by atoms with Crippen molar-refractivity contribution in [1.29, 1.82) is 0 Å². The Bertz CT molecular complexity index is 517. The minimum atomic E-state index is 0.954. The van der Waals surface area contributed by atoms with Gasteiger partial charge in [-0.15, -0.1) is 0 Å². The molecule has 0 spiro atoms. The van der Waals surface area contributed by atoms with Gasteiger partial charge >= 0.3 is 0 Å². The van der Waals surface area contributed by atoms with Crippen LogP contribution in [-0.4, -0.2) is 6.54 Å². The van der Waals surface area contributed by atoms with Gasteiger partial charge in [-0.2, -0.15) is 0 Å². The third-order valence-electron chi connectivity index (χ3n) is 3.35. The van der Waals surface area contributed by atoms with Crippen molar-refractivity contribution in [2.24, 2.45) is 0 Å². The Morgan fingerprint density at radius 2 is 1.47 bits per heavy atom. The number of hydrogen-bond acceptors (Lipinski definition) is 1. The number of rotatable bonds is 6. The smallest absolute Gasteiger partial charge is 0.0205 e. The first kappa shape index (κ1) is 13.8. The van der Waals surface area contributed by atoms with Gasteiger partial charge in [0.1, 0.15) is 0 Å². The zero-order valence-corrected chi connectivity index (χ0v) is 11.9. The SMILES string of the molecule is CCCNCc1cccc(-c2cccc(CC)c2)c1. The lowest BCUT2D eigenvalue weighted by Gasteiger charge is -2.08. The molecule has 0 aliphatic carbocycles. The predicted molar refractivity (Wildman–Crippen MR) is 83.3 cm³/mol. The molecule has 0 unspecified atom stereocenters. The second-order valence-corrected chi connectivity index (χ2v) is 4.93. The summed E-state index contributed by atoms with van der Waals surface area (Å²) >= 11 is 0. The highest BCUT2D eigenvalue weighted by atomic mass is 14.8. The van der Waals surface area contributed by atoms with Gasteiger partial charge in [-0.25, -0.2) is 0 Å². The van der Waals surface area contributed by atoms with E-state index in [4.69, 9.17) is 0 Å². The molecule has 0 aliphatic rings. The molecule has 1 N–H and O–H groups in total. The lowest BCUT2D eigenvalue weighted by Crippen LogP contribution is -2.13. The minimum absolute atomic E-state index is 0.954. The molecule has 0 atom stereocenters. The molecular formula is C18H23N. The van der Waals surface area contributed by atoms with E-state index in [-0.39, 0.29) is 0 Å². The average Bonchev–Trinajstić information content (AvgIpc) is 2.48. The van der Waals surface area contributed by atoms with Crippen LogP contribution in [0, 0.1) is 0 Å². The Hall–Kier alpha value is -1.60. The van der Waals surface area contributed by atoms with Crippen LogP contribution in [0.5, 0.6) is 0 Å². The van der Waals surface area contributed by atoms with Crippen LogP contribution in [0.25, 0.3) is 11.1 Å². The quantitative estimate of drug-likeness (QED) is 0.752.